The lowest BCUT2D eigenvalue weighted by molar-refractivity contribution is -0.117. The van der Waals surface area contributed by atoms with Gasteiger partial charge in [-0.3, -0.25) is 9.59 Å². The van der Waals surface area contributed by atoms with Crippen LogP contribution in [0, 0.1) is 0 Å². The Morgan fingerprint density at radius 3 is 2.75 bits per heavy atom. The molecule has 0 radical (unpaired) electrons. The smallest absolute Gasteiger partial charge is 0.234 e. The van der Waals surface area contributed by atoms with Gasteiger partial charge in [0.05, 0.1) is 12.0 Å². The van der Waals surface area contributed by atoms with Gasteiger partial charge in [0.1, 0.15) is 0 Å². The van der Waals surface area contributed by atoms with Crippen molar-refractivity contribution in [2.24, 2.45) is 7.05 Å². The Morgan fingerprint density at radius 2 is 2.07 bits per heavy atom. The number of benzene rings is 1. The molecule has 1 N–H and O–H groups in total. The van der Waals surface area contributed by atoms with Gasteiger partial charge in [0.2, 0.25) is 11.8 Å². The van der Waals surface area contributed by atoms with Gasteiger partial charge < -0.3 is 19.2 Å². The molecule has 1 saturated heterocycles. The summed E-state index contributed by atoms with van der Waals surface area (Å²) in [5.74, 6) is 1.45. The molecule has 2 amide bonds. The molecule has 0 saturated carbocycles. The van der Waals surface area contributed by atoms with Gasteiger partial charge in [0, 0.05) is 31.4 Å². The highest BCUT2D eigenvalue weighted by molar-refractivity contribution is 7.99. The van der Waals surface area contributed by atoms with Gasteiger partial charge in [-0.05, 0) is 42.8 Å². The summed E-state index contributed by atoms with van der Waals surface area (Å²) in [6.45, 7) is 0.749. The van der Waals surface area contributed by atoms with Crippen LogP contribution in [0.3, 0.4) is 0 Å². The van der Waals surface area contributed by atoms with Crippen LogP contribution >= 0.6 is 11.8 Å². The van der Waals surface area contributed by atoms with E-state index in [0.717, 1.165) is 18.7 Å². The third kappa shape index (κ3) is 3.79. The third-order valence-corrected chi connectivity index (χ3v) is 5.47. The molecule has 3 heterocycles. The topological polar surface area (TPSA) is 93.3 Å². The molecule has 8 nitrogen and oxygen atoms in total. The van der Waals surface area contributed by atoms with E-state index in [1.165, 1.54) is 11.8 Å². The molecule has 1 fully saturated rings. The van der Waals surface area contributed by atoms with Gasteiger partial charge in [-0.2, -0.15) is 0 Å². The molecule has 9 heteroatoms. The molecule has 0 aliphatic carbocycles. The molecule has 0 spiro atoms. The maximum Gasteiger partial charge on any atom is 0.234 e. The van der Waals surface area contributed by atoms with E-state index in [1.54, 1.807) is 33.9 Å². The highest BCUT2D eigenvalue weighted by atomic mass is 32.2. The Balaban J connectivity index is 1.33. The number of hydrogen-bond acceptors (Lipinski definition) is 6. The zero-order chi connectivity index (χ0) is 19.5. The van der Waals surface area contributed by atoms with Gasteiger partial charge in [-0.25, -0.2) is 0 Å². The minimum Gasteiger partial charge on any atom is -0.461 e. The lowest BCUT2D eigenvalue weighted by Crippen LogP contribution is -2.23. The number of amides is 2. The quantitative estimate of drug-likeness (QED) is 0.643. The van der Waals surface area contributed by atoms with Crippen LogP contribution in [-0.4, -0.2) is 38.9 Å². The second-order valence-electron chi connectivity index (χ2n) is 6.38. The number of thioether (sulfide) groups is 1. The summed E-state index contributed by atoms with van der Waals surface area (Å²) < 4.78 is 7.13. The third-order valence-electron chi connectivity index (χ3n) is 4.44. The number of carbonyl (C=O) groups is 2. The van der Waals surface area contributed by atoms with Crippen molar-refractivity contribution < 1.29 is 14.0 Å². The Hall–Kier alpha value is -3.07. The molecule has 2 aromatic heterocycles. The molecule has 1 aliphatic heterocycles. The van der Waals surface area contributed by atoms with Gasteiger partial charge in [-0.15, -0.1) is 10.2 Å². The highest BCUT2D eigenvalue weighted by Gasteiger charge is 2.21. The number of nitrogens with zero attached hydrogens (tertiary/aromatic N) is 4. The van der Waals surface area contributed by atoms with Crippen molar-refractivity contribution in [3.63, 3.8) is 0 Å². The van der Waals surface area contributed by atoms with E-state index in [2.05, 4.69) is 15.5 Å². The van der Waals surface area contributed by atoms with E-state index in [1.807, 2.05) is 25.2 Å². The fourth-order valence-electron chi connectivity index (χ4n) is 3.03. The molecular formula is C19H19N5O3S. The predicted octanol–water partition coefficient (Wildman–Crippen LogP) is 2.93. The van der Waals surface area contributed by atoms with Crippen molar-refractivity contribution in [2.45, 2.75) is 18.0 Å². The van der Waals surface area contributed by atoms with E-state index in [0.29, 0.717) is 28.8 Å². The van der Waals surface area contributed by atoms with E-state index in [4.69, 9.17) is 4.42 Å². The summed E-state index contributed by atoms with van der Waals surface area (Å²) in [7, 11) is 1.83. The van der Waals surface area contributed by atoms with Crippen LogP contribution in [0.4, 0.5) is 11.4 Å². The molecular weight excluding hydrogens is 378 g/mol. The molecule has 28 heavy (non-hydrogen) atoms. The van der Waals surface area contributed by atoms with Gasteiger partial charge >= 0.3 is 0 Å². The second-order valence-corrected chi connectivity index (χ2v) is 7.32. The number of aromatic nitrogens is 3. The van der Waals surface area contributed by atoms with Gasteiger partial charge in [-0.1, -0.05) is 11.8 Å². The normalized spacial score (nSPS) is 13.9. The number of anilines is 2. The molecule has 1 aliphatic rings. The molecule has 0 unspecified atom stereocenters. The number of hydrogen-bond donors (Lipinski definition) is 1. The Bertz CT molecular complexity index is 982. The zero-order valence-electron chi connectivity index (χ0n) is 15.3. The first kappa shape index (κ1) is 18.3. The van der Waals surface area contributed by atoms with Crippen LogP contribution in [-0.2, 0) is 16.6 Å². The summed E-state index contributed by atoms with van der Waals surface area (Å²) in [5.41, 5.74) is 1.55. The second kappa shape index (κ2) is 7.89. The van der Waals surface area contributed by atoms with Gasteiger partial charge in [0.25, 0.3) is 0 Å². The lowest BCUT2D eigenvalue weighted by Gasteiger charge is -2.16. The van der Waals surface area contributed by atoms with E-state index < -0.39 is 0 Å². The Kier molecular flexibility index (Phi) is 5.16. The first-order valence-electron chi connectivity index (χ1n) is 8.88. The van der Waals surface area contributed by atoms with E-state index in [9.17, 15) is 9.59 Å². The summed E-state index contributed by atoms with van der Waals surface area (Å²) in [6.07, 6.45) is 3.06. The van der Waals surface area contributed by atoms with E-state index >= 15 is 0 Å². The summed E-state index contributed by atoms with van der Waals surface area (Å²) in [4.78, 5) is 25.8. The monoisotopic (exact) mass is 397 g/mol. The van der Waals surface area contributed by atoms with Gasteiger partial charge in [0.15, 0.2) is 16.7 Å². The summed E-state index contributed by atoms with van der Waals surface area (Å²) >= 11 is 1.30. The van der Waals surface area contributed by atoms with Crippen LogP contribution < -0.4 is 10.2 Å². The fraction of sp³-hybridized carbons (Fsp3) is 0.263. The van der Waals surface area contributed by atoms with Crippen molar-refractivity contribution >= 4 is 35.0 Å². The van der Waals surface area contributed by atoms with Crippen LogP contribution in [0.25, 0.3) is 11.6 Å². The zero-order valence-corrected chi connectivity index (χ0v) is 16.1. The summed E-state index contributed by atoms with van der Waals surface area (Å²) in [6, 6.07) is 10.9. The average Bonchev–Trinajstić information content (AvgIpc) is 3.42. The van der Waals surface area contributed by atoms with Crippen molar-refractivity contribution in [3.8, 4) is 11.6 Å². The lowest BCUT2D eigenvalue weighted by atomic mass is 10.2. The molecule has 4 rings (SSSR count). The maximum atomic E-state index is 12.3. The molecule has 0 bridgehead atoms. The van der Waals surface area contributed by atoms with Crippen molar-refractivity contribution in [1.82, 2.24) is 14.8 Å². The molecule has 1 aromatic carbocycles. The SMILES string of the molecule is Cn1c(SCC(=O)Nc2ccc(N3CCCC3=O)cc2)nnc1-c1ccco1. The number of nitrogens with one attached hydrogen (secondary N) is 1. The molecule has 144 valence electrons. The largest absolute Gasteiger partial charge is 0.461 e. The van der Waals surface area contributed by atoms with Crippen LogP contribution in [0.1, 0.15) is 12.8 Å². The first-order chi connectivity index (χ1) is 13.6. The van der Waals surface area contributed by atoms with Crippen molar-refractivity contribution in [2.75, 3.05) is 22.5 Å². The van der Waals surface area contributed by atoms with Crippen LogP contribution in [0.2, 0.25) is 0 Å². The van der Waals surface area contributed by atoms with E-state index in [-0.39, 0.29) is 17.6 Å². The highest BCUT2D eigenvalue weighted by Crippen LogP contribution is 2.24. The number of rotatable bonds is 6. The Labute approximate surface area is 165 Å². The van der Waals surface area contributed by atoms with Crippen LogP contribution in [0.5, 0.6) is 0 Å². The minimum atomic E-state index is -0.141. The standard InChI is InChI=1S/C19H19N5O3S/c1-23-18(15-4-3-11-27-15)21-22-19(23)28-12-16(25)20-13-6-8-14(9-7-13)24-10-2-5-17(24)26/h3-4,6-9,11H,2,5,10,12H2,1H3,(H,20,25). The molecule has 3 aromatic rings. The Morgan fingerprint density at radius 1 is 1.25 bits per heavy atom. The van der Waals surface area contributed by atoms with Crippen molar-refractivity contribution in [1.29, 1.82) is 0 Å². The summed E-state index contributed by atoms with van der Waals surface area (Å²) in [5, 5.41) is 11.7. The first-order valence-corrected chi connectivity index (χ1v) is 9.87. The van der Waals surface area contributed by atoms with Crippen molar-refractivity contribution in [3.05, 3.63) is 42.7 Å². The number of carbonyl (C=O) groups excluding carboxylic acids is 2. The number of furan rings is 1. The van der Waals surface area contributed by atoms with Crippen LogP contribution in [0.15, 0.2) is 52.2 Å². The fourth-order valence-corrected chi connectivity index (χ4v) is 3.75. The average molecular weight is 397 g/mol. The maximum absolute atomic E-state index is 12.3. The minimum absolute atomic E-state index is 0.141. The predicted molar refractivity (Wildman–Crippen MR) is 106 cm³/mol. The molecule has 0 atom stereocenters.